The first-order valence-corrected chi connectivity index (χ1v) is 10.5. The normalized spacial score (nSPS) is 22.0. The van der Waals surface area contributed by atoms with Crippen molar-refractivity contribution < 1.29 is 9.21 Å². The molecule has 1 amide bonds. The van der Waals surface area contributed by atoms with E-state index in [-0.39, 0.29) is 5.91 Å². The third-order valence-electron chi connectivity index (χ3n) is 5.41. The van der Waals surface area contributed by atoms with Crippen LogP contribution in [-0.4, -0.2) is 28.4 Å². The van der Waals surface area contributed by atoms with Gasteiger partial charge in [0.1, 0.15) is 11.5 Å². The van der Waals surface area contributed by atoms with Crippen molar-refractivity contribution in [3.05, 3.63) is 34.7 Å². The minimum absolute atomic E-state index is 0.0462. The molecule has 2 heterocycles. The Bertz CT molecular complexity index is 780. The smallest absolute Gasteiger partial charge is 0.225 e. The van der Waals surface area contributed by atoms with Gasteiger partial charge in [-0.25, -0.2) is 4.98 Å². The van der Waals surface area contributed by atoms with E-state index in [1.807, 2.05) is 6.92 Å². The molecular formula is C20H27N3O2S. The van der Waals surface area contributed by atoms with E-state index in [2.05, 4.69) is 29.3 Å². The quantitative estimate of drug-likeness (QED) is 0.688. The van der Waals surface area contributed by atoms with Gasteiger partial charge in [0.25, 0.3) is 0 Å². The molecule has 0 radical (unpaired) electrons. The van der Waals surface area contributed by atoms with Gasteiger partial charge in [0, 0.05) is 37.4 Å². The van der Waals surface area contributed by atoms with Gasteiger partial charge < -0.3 is 4.42 Å². The van der Waals surface area contributed by atoms with Crippen LogP contribution in [0.2, 0.25) is 0 Å². The van der Waals surface area contributed by atoms with Gasteiger partial charge in [-0.3, -0.25) is 14.6 Å². The van der Waals surface area contributed by atoms with Crippen molar-refractivity contribution in [3.8, 4) is 0 Å². The van der Waals surface area contributed by atoms with Gasteiger partial charge in [-0.05, 0) is 44.2 Å². The molecule has 0 bridgehead atoms. The second-order valence-corrected chi connectivity index (χ2v) is 8.48. The van der Waals surface area contributed by atoms with E-state index in [9.17, 15) is 4.79 Å². The molecule has 140 valence electrons. The molecule has 2 fully saturated rings. The summed E-state index contributed by atoms with van der Waals surface area (Å²) in [6, 6.07) is 4.92. The molecule has 26 heavy (non-hydrogen) atoms. The molecule has 0 aliphatic heterocycles. The highest BCUT2D eigenvalue weighted by Crippen LogP contribution is 2.47. The van der Waals surface area contributed by atoms with Gasteiger partial charge in [-0.15, -0.1) is 11.3 Å². The van der Waals surface area contributed by atoms with Crippen molar-refractivity contribution in [2.24, 2.45) is 5.92 Å². The second kappa shape index (κ2) is 7.16. The third kappa shape index (κ3) is 3.86. The molecule has 2 unspecified atom stereocenters. The van der Waals surface area contributed by atoms with Crippen LogP contribution < -0.4 is 4.90 Å². The molecule has 0 spiro atoms. The number of nitrogens with zero attached hydrogens (tertiary/aromatic N) is 3. The fourth-order valence-electron chi connectivity index (χ4n) is 3.54. The Morgan fingerprint density at radius 3 is 2.73 bits per heavy atom. The number of hydrogen-bond acceptors (Lipinski definition) is 5. The number of hydrogen-bond donors (Lipinski definition) is 0. The average Bonchev–Trinajstić information content (AvgIpc) is 3.48. The van der Waals surface area contributed by atoms with Crippen molar-refractivity contribution in [3.63, 3.8) is 0 Å². The lowest BCUT2D eigenvalue weighted by atomic mass is 10.3. The monoisotopic (exact) mass is 373 g/mol. The van der Waals surface area contributed by atoms with E-state index in [4.69, 9.17) is 9.40 Å². The molecule has 2 atom stereocenters. The van der Waals surface area contributed by atoms with E-state index in [1.165, 1.54) is 19.3 Å². The number of rotatable bonds is 8. The highest BCUT2D eigenvalue weighted by Gasteiger charge is 2.37. The summed E-state index contributed by atoms with van der Waals surface area (Å²) in [5.74, 6) is 3.65. The van der Waals surface area contributed by atoms with Crippen molar-refractivity contribution in [1.29, 1.82) is 0 Å². The van der Waals surface area contributed by atoms with E-state index in [0.717, 1.165) is 41.4 Å². The summed E-state index contributed by atoms with van der Waals surface area (Å²) in [6.07, 6.45) is 3.75. The number of carbonyl (C=O) groups excluding carboxylic acids is 1. The first-order valence-electron chi connectivity index (χ1n) is 9.60. The minimum atomic E-state index is 0.0462. The van der Waals surface area contributed by atoms with Gasteiger partial charge in [0.05, 0.1) is 12.2 Å². The number of thiazole rings is 1. The summed E-state index contributed by atoms with van der Waals surface area (Å²) in [4.78, 5) is 20.6. The second-order valence-electron chi connectivity index (χ2n) is 7.64. The van der Waals surface area contributed by atoms with Crippen LogP contribution in [0.25, 0.3) is 0 Å². The standard InChI is InChI=1S/C20H27N3O2S/c1-4-23(14(3)24)20-21-15(12-26-20)10-22(16-5-6-16)11-17-7-8-19(25-17)18-9-13(18)2/h7-8,12-13,16,18H,4-6,9-11H2,1-3H3. The maximum atomic E-state index is 11.7. The van der Waals surface area contributed by atoms with Crippen LogP contribution in [0.15, 0.2) is 21.9 Å². The van der Waals surface area contributed by atoms with Crippen LogP contribution >= 0.6 is 11.3 Å². The molecule has 2 saturated carbocycles. The van der Waals surface area contributed by atoms with E-state index < -0.39 is 0 Å². The SMILES string of the molecule is CCN(C(C)=O)c1nc(CN(Cc2ccc(C3CC3C)o2)C2CC2)cs1. The Morgan fingerprint density at radius 2 is 2.12 bits per heavy atom. The number of carbonyl (C=O) groups is 1. The average molecular weight is 374 g/mol. The van der Waals surface area contributed by atoms with Crippen molar-refractivity contribution in [1.82, 2.24) is 9.88 Å². The molecule has 2 aromatic rings. The van der Waals surface area contributed by atoms with E-state index >= 15 is 0 Å². The lowest BCUT2D eigenvalue weighted by molar-refractivity contribution is -0.116. The Labute approximate surface area is 159 Å². The Balaban J connectivity index is 1.42. The number of furan rings is 1. The molecule has 2 aliphatic rings. The summed E-state index contributed by atoms with van der Waals surface area (Å²) in [6.45, 7) is 8.16. The highest BCUT2D eigenvalue weighted by atomic mass is 32.1. The molecule has 5 nitrogen and oxygen atoms in total. The predicted octanol–water partition coefficient (Wildman–Crippen LogP) is 4.40. The minimum Gasteiger partial charge on any atom is -0.464 e. The van der Waals surface area contributed by atoms with E-state index in [0.29, 0.717) is 18.5 Å². The maximum absolute atomic E-state index is 11.7. The highest BCUT2D eigenvalue weighted by molar-refractivity contribution is 7.14. The largest absolute Gasteiger partial charge is 0.464 e. The first-order chi connectivity index (χ1) is 12.5. The zero-order chi connectivity index (χ0) is 18.3. The summed E-state index contributed by atoms with van der Waals surface area (Å²) in [5, 5.41) is 2.88. The molecule has 4 rings (SSSR count). The van der Waals surface area contributed by atoms with Crippen LogP contribution in [0.3, 0.4) is 0 Å². The van der Waals surface area contributed by atoms with Gasteiger partial charge in [0.2, 0.25) is 5.91 Å². The fraction of sp³-hybridized carbons (Fsp3) is 0.600. The van der Waals surface area contributed by atoms with E-state index in [1.54, 1.807) is 23.2 Å². The molecule has 0 aromatic carbocycles. The molecule has 0 N–H and O–H groups in total. The van der Waals surface area contributed by atoms with Gasteiger partial charge in [0.15, 0.2) is 5.13 Å². The molecule has 0 saturated heterocycles. The van der Waals surface area contributed by atoms with Crippen molar-refractivity contribution in [2.75, 3.05) is 11.4 Å². The Hall–Kier alpha value is -1.66. The Morgan fingerprint density at radius 1 is 1.35 bits per heavy atom. The molecule has 2 aliphatic carbocycles. The zero-order valence-electron chi connectivity index (χ0n) is 15.8. The van der Waals surface area contributed by atoms with Crippen LogP contribution in [0.5, 0.6) is 0 Å². The lowest BCUT2D eigenvalue weighted by Crippen LogP contribution is -2.28. The summed E-state index contributed by atoms with van der Waals surface area (Å²) in [7, 11) is 0. The van der Waals surface area contributed by atoms with Gasteiger partial charge in [-0.2, -0.15) is 0 Å². The summed E-state index contributed by atoms with van der Waals surface area (Å²) in [5.41, 5.74) is 1.04. The maximum Gasteiger partial charge on any atom is 0.225 e. The predicted molar refractivity (Wildman–Crippen MR) is 103 cm³/mol. The molecule has 6 heteroatoms. The number of aromatic nitrogens is 1. The van der Waals surface area contributed by atoms with Crippen LogP contribution in [0, 0.1) is 5.92 Å². The zero-order valence-corrected chi connectivity index (χ0v) is 16.6. The summed E-state index contributed by atoms with van der Waals surface area (Å²) < 4.78 is 6.10. The lowest BCUT2D eigenvalue weighted by Gasteiger charge is -2.19. The Kier molecular flexibility index (Phi) is 4.88. The molecule has 2 aromatic heterocycles. The van der Waals surface area contributed by atoms with Crippen LogP contribution in [-0.2, 0) is 17.9 Å². The van der Waals surface area contributed by atoms with Crippen LogP contribution in [0.1, 0.15) is 63.2 Å². The molecular weight excluding hydrogens is 346 g/mol. The van der Waals surface area contributed by atoms with Crippen molar-refractivity contribution >= 4 is 22.4 Å². The van der Waals surface area contributed by atoms with Crippen molar-refractivity contribution in [2.45, 2.75) is 65.1 Å². The summed E-state index contributed by atoms with van der Waals surface area (Å²) >= 11 is 1.55. The number of anilines is 1. The third-order valence-corrected chi connectivity index (χ3v) is 6.32. The number of amides is 1. The fourth-order valence-corrected chi connectivity index (χ4v) is 4.47. The topological polar surface area (TPSA) is 49.6 Å². The van der Waals surface area contributed by atoms with Gasteiger partial charge in [-0.1, -0.05) is 6.92 Å². The first kappa shape index (κ1) is 17.7. The van der Waals surface area contributed by atoms with Crippen LogP contribution in [0.4, 0.5) is 5.13 Å². The van der Waals surface area contributed by atoms with Gasteiger partial charge >= 0.3 is 0 Å².